The van der Waals surface area contributed by atoms with Gasteiger partial charge in [-0.3, -0.25) is 0 Å². The zero-order valence-electron chi connectivity index (χ0n) is 12.1. The molecule has 0 aliphatic rings. The van der Waals surface area contributed by atoms with Gasteiger partial charge < -0.3 is 10.5 Å². The Hall–Kier alpha value is -1.94. The summed E-state index contributed by atoms with van der Waals surface area (Å²) in [4.78, 5) is 0. The number of alkyl halides is 2. The van der Waals surface area contributed by atoms with Gasteiger partial charge in [0.1, 0.15) is 5.75 Å². The Morgan fingerprint density at radius 1 is 1.05 bits per heavy atom. The van der Waals surface area contributed by atoms with Crippen LogP contribution in [-0.4, -0.2) is 6.61 Å². The molecule has 1 unspecified atom stereocenters. The monoisotopic (exact) mass is 291 g/mol. The molecule has 4 heteroatoms. The van der Waals surface area contributed by atoms with Gasteiger partial charge >= 0.3 is 6.61 Å². The van der Waals surface area contributed by atoms with Crippen LogP contribution < -0.4 is 10.5 Å². The first-order valence-electron chi connectivity index (χ1n) is 6.81. The lowest BCUT2D eigenvalue weighted by molar-refractivity contribution is -0.0499. The Morgan fingerprint density at radius 2 is 1.71 bits per heavy atom. The third-order valence-corrected chi connectivity index (χ3v) is 3.25. The van der Waals surface area contributed by atoms with Gasteiger partial charge in [-0.1, -0.05) is 41.5 Å². The van der Waals surface area contributed by atoms with Gasteiger partial charge in [-0.2, -0.15) is 8.78 Å². The number of hydrogen-bond acceptors (Lipinski definition) is 2. The van der Waals surface area contributed by atoms with E-state index in [1.807, 2.05) is 19.9 Å². The van der Waals surface area contributed by atoms with E-state index in [1.165, 1.54) is 17.2 Å². The van der Waals surface area contributed by atoms with Gasteiger partial charge in [-0.25, -0.2) is 0 Å². The minimum Gasteiger partial charge on any atom is -0.435 e. The van der Waals surface area contributed by atoms with E-state index in [0.29, 0.717) is 6.42 Å². The maximum atomic E-state index is 12.2. The summed E-state index contributed by atoms with van der Waals surface area (Å²) >= 11 is 0. The fraction of sp³-hybridized carbons (Fsp3) is 0.294. The van der Waals surface area contributed by atoms with E-state index >= 15 is 0 Å². The number of hydrogen-bond donors (Lipinski definition) is 1. The normalized spacial score (nSPS) is 12.5. The summed E-state index contributed by atoms with van der Waals surface area (Å²) in [5.41, 5.74) is 10.5. The van der Waals surface area contributed by atoms with Crippen LogP contribution in [0, 0.1) is 13.8 Å². The van der Waals surface area contributed by atoms with Crippen molar-refractivity contribution in [1.29, 1.82) is 0 Å². The van der Waals surface area contributed by atoms with Crippen LogP contribution in [0.4, 0.5) is 8.78 Å². The van der Waals surface area contributed by atoms with Crippen LogP contribution >= 0.6 is 0 Å². The highest BCUT2D eigenvalue weighted by Gasteiger charge is 2.10. The van der Waals surface area contributed by atoms with Crippen molar-refractivity contribution in [2.45, 2.75) is 32.9 Å². The van der Waals surface area contributed by atoms with Crippen LogP contribution in [0.5, 0.6) is 5.75 Å². The second-order valence-corrected chi connectivity index (χ2v) is 5.26. The fourth-order valence-electron chi connectivity index (χ4n) is 2.48. The van der Waals surface area contributed by atoms with Crippen LogP contribution in [0.1, 0.15) is 28.3 Å². The average Bonchev–Trinajstić information content (AvgIpc) is 2.36. The number of benzene rings is 2. The topological polar surface area (TPSA) is 35.2 Å². The highest BCUT2D eigenvalue weighted by Crippen LogP contribution is 2.23. The van der Waals surface area contributed by atoms with Gasteiger partial charge in [0.2, 0.25) is 0 Å². The number of nitrogens with two attached hydrogens (primary N) is 1. The Bertz CT molecular complexity index is 593. The minimum absolute atomic E-state index is 0.137. The Kier molecular flexibility index (Phi) is 4.91. The molecule has 0 aromatic heterocycles. The maximum Gasteiger partial charge on any atom is 0.387 e. The van der Waals surface area contributed by atoms with Crippen molar-refractivity contribution in [3.05, 3.63) is 64.7 Å². The molecule has 0 saturated carbocycles. The molecule has 0 aliphatic carbocycles. The van der Waals surface area contributed by atoms with Crippen molar-refractivity contribution in [3.8, 4) is 5.75 Å². The summed E-state index contributed by atoms with van der Waals surface area (Å²) in [5.74, 6) is 0.137. The lowest BCUT2D eigenvalue weighted by atomic mass is 9.97. The van der Waals surface area contributed by atoms with E-state index in [0.717, 1.165) is 11.1 Å². The van der Waals surface area contributed by atoms with E-state index in [2.05, 4.69) is 22.9 Å². The molecule has 0 fully saturated rings. The molecule has 21 heavy (non-hydrogen) atoms. The first kappa shape index (κ1) is 15.4. The van der Waals surface area contributed by atoms with Crippen molar-refractivity contribution in [2.24, 2.45) is 5.73 Å². The zero-order valence-corrected chi connectivity index (χ0v) is 12.1. The van der Waals surface area contributed by atoms with Crippen LogP contribution in [0.15, 0.2) is 42.5 Å². The van der Waals surface area contributed by atoms with E-state index in [-0.39, 0.29) is 11.8 Å². The molecule has 112 valence electrons. The summed E-state index contributed by atoms with van der Waals surface area (Å²) in [6.45, 7) is 1.26. The van der Waals surface area contributed by atoms with Crippen LogP contribution in [0.3, 0.4) is 0 Å². The predicted octanol–water partition coefficient (Wildman–Crippen LogP) is 4.15. The molecular weight excluding hydrogens is 272 g/mol. The zero-order chi connectivity index (χ0) is 15.4. The van der Waals surface area contributed by atoms with Crippen LogP contribution in [0.2, 0.25) is 0 Å². The molecular formula is C17H19F2NO. The minimum atomic E-state index is -2.82. The largest absolute Gasteiger partial charge is 0.435 e. The molecule has 1 atom stereocenters. The molecule has 2 rings (SSSR count). The van der Waals surface area contributed by atoms with Crippen LogP contribution in [0.25, 0.3) is 0 Å². The molecule has 2 aromatic carbocycles. The Balaban J connectivity index is 2.14. The molecule has 0 amide bonds. The summed E-state index contributed by atoms with van der Waals surface area (Å²) in [5, 5.41) is 0. The molecule has 0 aliphatic heterocycles. The van der Waals surface area contributed by atoms with Crippen molar-refractivity contribution in [1.82, 2.24) is 0 Å². The molecule has 2 aromatic rings. The summed E-state index contributed by atoms with van der Waals surface area (Å²) < 4.78 is 28.9. The lowest BCUT2D eigenvalue weighted by Gasteiger charge is -2.14. The molecule has 0 heterocycles. The number of aryl methyl sites for hydroxylation is 2. The highest BCUT2D eigenvalue weighted by atomic mass is 19.3. The first-order valence-corrected chi connectivity index (χ1v) is 6.81. The van der Waals surface area contributed by atoms with E-state index < -0.39 is 6.61 Å². The average molecular weight is 291 g/mol. The third-order valence-electron chi connectivity index (χ3n) is 3.25. The molecule has 0 bridgehead atoms. The van der Waals surface area contributed by atoms with E-state index in [4.69, 9.17) is 5.73 Å². The summed E-state index contributed by atoms with van der Waals surface area (Å²) in [7, 11) is 0. The van der Waals surface area contributed by atoms with Crippen LogP contribution in [-0.2, 0) is 6.42 Å². The second-order valence-electron chi connectivity index (χ2n) is 5.26. The number of rotatable bonds is 5. The Labute approximate surface area is 123 Å². The van der Waals surface area contributed by atoms with Crippen molar-refractivity contribution in [2.75, 3.05) is 0 Å². The van der Waals surface area contributed by atoms with Crippen molar-refractivity contribution >= 4 is 0 Å². The van der Waals surface area contributed by atoms with Gasteiger partial charge in [0, 0.05) is 6.04 Å². The SMILES string of the molecule is Cc1cc(C)cc(CC(N)c2cccc(OC(F)F)c2)c1. The van der Waals surface area contributed by atoms with Gasteiger partial charge in [0.05, 0.1) is 0 Å². The number of halogens is 2. The molecule has 0 spiro atoms. The third kappa shape index (κ3) is 4.53. The van der Waals surface area contributed by atoms with Gasteiger partial charge in [0.15, 0.2) is 0 Å². The fourth-order valence-corrected chi connectivity index (χ4v) is 2.48. The maximum absolute atomic E-state index is 12.2. The molecule has 0 saturated heterocycles. The second kappa shape index (κ2) is 6.68. The van der Waals surface area contributed by atoms with Gasteiger partial charge in [-0.05, 0) is 43.5 Å². The molecule has 2 nitrogen and oxygen atoms in total. The lowest BCUT2D eigenvalue weighted by Crippen LogP contribution is -2.14. The number of ether oxygens (including phenoxy) is 1. The standard InChI is InChI=1S/C17H19F2NO/c1-11-6-12(2)8-13(7-11)9-16(20)14-4-3-5-15(10-14)21-17(18)19/h3-8,10,16-17H,9,20H2,1-2H3. The molecule has 0 radical (unpaired) electrons. The summed E-state index contributed by atoms with van der Waals surface area (Å²) in [6, 6.07) is 12.6. The van der Waals surface area contributed by atoms with Gasteiger partial charge in [-0.15, -0.1) is 0 Å². The van der Waals surface area contributed by atoms with Crippen molar-refractivity contribution in [3.63, 3.8) is 0 Å². The van der Waals surface area contributed by atoms with E-state index in [1.54, 1.807) is 12.1 Å². The smallest absolute Gasteiger partial charge is 0.387 e. The Morgan fingerprint density at radius 3 is 2.33 bits per heavy atom. The van der Waals surface area contributed by atoms with E-state index in [9.17, 15) is 8.78 Å². The predicted molar refractivity (Wildman–Crippen MR) is 79.6 cm³/mol. The summed E-state index contributed by atoms with van der Waals surface area (Å²) in [6.07, 6.45) is 0.653. The quantitative estimate of drug-likeness (QED) is 0.898. The van der Waals surface area contributed by atoms with Crippen molar-refractivity contribution < 1.29 is 13.5 Å². The molecule has 2 N–H and O–H groups in total. The highest BCUT2D eigenvalue weighted by molar-refractivity contribution is 5.33. The van der Waals surface area contributed by atoms with Gasteiger partial charge in [0.25, 0.3) is 0 Å². The first-order chi connectivity index (χ1) is 9.94.